The molecule has 0 bridgehead atoms. The van der Waals surface area contributed by atoms with Crippen LogP contribution in [0.1, 0.15) is 49.4 Å². The van der Waals surface area contributed by atoms with Crippen molar-refractivity contribution in [2.24, 2.45) is 0 Å². The van der Waals surface area contributed by atoms with Gasteiger partial charge in [0, 0.05) is 16.4 Å². The van der Waals surface area contributed by atoms with E-state index in [1.54, 1.807) is 24.3 Å². The number of carbonyl (C=O) groups excluding carboxylic acids is 2. The zero-order valence-electron chi connectivity index (χ0n) is 29.4. The Morgan fingerprint density at radius 3 is 2.37 bits per heavy atom. The number of nitrogens with one attached hydrogen (secondary N) is 2. The molecule has 1 saturated carbocycles. The number of hydrogen-bond donors (Lipinski definition) is 2. The summed E-state index contributed by atoms with van der Waals surface area (Å²) >= 11 is 10.1. The van der Waals surface area contributed by atoms with Gasteiger partial charge < -0.3 is 20.1 Å². The van der Waals surface area contributed by atoms with E-state index < -0.39 is 0 Å². The van der Waals surface area contributed by atoms with Crippen molar-refractivity contribution < 1.29 is 19.1 Å². The molecular weight excluding hydrogens is 760 g/mol. The SMILES string of the molecule is O=C(CSc1nc2ccc(NC(=O)CSc3nnc(COc4ccc(C5CCCCC5)cc4)n3-c3ccccc3)cc2s1)NCCOc1ccc(Cl)cc1. The van der Waals surface area contributed by atoms with Crippen LogP contribution in [0.15, 0.2) is 107 Å². The van der Waals surface area contributed by atoms with E-state index >= 15 is 0 Å². The Morgan fingerprint density at radius 2 is 1.57 bits per heavy atom. The minimum absolute atomic E-state index is 0.105. The number of ether oxygens (including phenoxy) is 2. The van der Waals surface area contributed by atoms with Gasteiger partial charge in [-0.1, -0.05) is 84.7 Å². The third kappa shape index (κ3) is 10.3. The molecule has 10 nitrogen and oxygen atoms in total. The molecule has 0 aliphatic heterocycles. The van der Waals surface area contributed by atoms with Gasteiger partial charge >= 0.3 is 0 Å². The van der Waals surface area contributed by atoms with Gasteiger partial charge in [0.1, 0.15) is 24.7 Å². The minimum atomic E-state index is -0.173. The Balaban J connectivity index is 0.901. The summed E-state index contributed by atoms with van der Waals surface area (Å²) in [5.41, 5.74) is 3.74. The maximum Gasteiger partial charge on any atom is 0.234 e. The zero-order chi connectivity index (χ0) is 37.1. The average molecular weight is 799 g/mol. The first-order valence-electron chi connectivity index (χ1n) is 17.8. The maximum atomic E-state index is 13.1. The van der Waals surface area contributed by atoms with Crippen LogP contribution in [-0.2, 0) is 16.2 Å². The highest BCUT2D eigenvalue weighted by Gasteiger charge is 2.18. The first-order chi connectivity index (χ1) is 26.5. The predicted octanol–water partition coefficient (Wildman–Crippen LogP) is 9.18. The molecule has 7 rings (SSSR count). The van der Waals surface area contributed by atoms with Crippen LogP contribution in [0.25, 0.3) is 15.9 Å². The molecular formula is C40H39ClN6O4S3. The Kier molecular flexibility index (Phi) is 13.0. The summed E-state index contributed by atoms with van der Waals surface area (Å²) in [4.78, 5) is 30.2. The molecule has 2 N–H and O–H groups in total. The van der Waals surface area contributed by atoms with Crippen LogP contribution in [0.2, 0.25) is 5.02 Å². The van der Waals surface area contributed by atoms with Crippen molar-refractivity contribution in [2.75, 3.05) is 30.0 Å². The van der Waals surface area contributed by atoms with Crippen molar-refractivity contribution >= 4 is 74.2 Å². The van der Waals surface area contributed by atoms with Crippen molar-refractivity contribution in [1.82, 2.24) is 25.1 Å². The van der Waals surface area contributed by atoms with Gasteiger partial charge in [0.25, 0.3) is 0 Å². The Labute approximate surface area is 331 Å². The van der Waals surface area contributed by atoms with Gasteiger partial charge in [-0.15, -0.1) is 21.5 Å². The van der Waals surface area contributed by atoms with E-state index in [9.17, 15) is 9.59 Å². The normalized spacial score (nSPS) is 13.1. The average Bonchev–Trinajstić information content (AvgIpc) is 3.82. The lowest BCUT2D eigenvalue weighted by Gasteiger charge is -2.22. The molecule has 1 aliphatic rings. The van der Waals surface area contributed by atoms with Crippen molar-refractivity contribution in [3.63, 3.8) is 0 Å². The van der Waals surface area contributed by atoms with E-state index in [1.807, 2.05) is 65.2 Å². The number of aromatic nitrogens is 4. The van der Waals surface area contributed by atoms with Gasteiger partial charge in [0.2, 0.25) is 11.8 Å². The number of thiazole rings is 1. The molecule has 278 valence electrons. The van der Waals surface area contributed by atoms with Crippen molar-refractivity contribution in [2.45, 2.75) is 54.1 Å². The minimum Gasteiger partial charge on any atom is -0.492 e. The van der Waals surface area contributed by atoms with Gasteiger partial charge in [-0.2, -0.15) is 0 Å². The van der Waals surface area contributed by atoms with E-state index in [1.165, 1.54) is 72.5 Å². The summed E-state index contributed by atoms with van der Waals surface area (Å²) in [6.07, 6.45) is 6.46. The summed E-state index contributed by atoms with van der Waals surface area (Å²) < 4.78 is 15.4. The van der Waals surface area contributed by atoms with Crippen LogP contribution in [0.3, 0.4) is 0 Å². The third-order valence-electron chi connectivity index (χ3n) is 8.86. The van der Waals surface area contributed by atoms with Crippen LogP contribution in [0.5, 0.6) is 11.5 Å². The van der Waals surface area contributed by atoms with E-state index in [-0.39, 0.29) is 29.9 Å². The highest BCUT2D eigenvalue weighted by molar-refractivity contribution is 8.01. The number of amides is 2. The second-order valence-corrected chi connectivity index (χ2v) is 16.3. The van der Waals surface area contributed by atoms with Crippen LogP contribution in [0.4, 0.5) is 5.69 Å². The Morgan fingerprint density at radius 1 is 0.833 bits per heavy atom. The molecule has 0 radical (unpaired) electrons. The fraction of sp³-hybridized carbons (Fsp3) is 0.275. The fourth-order valence-corrected chi connectivity index (χ4v) is 9.02. The van der Waals surface area contributed by atoms with Gasteiger partial charge in [-0.3, -0.25) is 14.2 Å². The lowest BCUT2D eigenvalue weighted by Crippen LogP contribution is -2.29. The van der Waals surface area contributed by atoms with Crippen LogP contribution < -0.4 is 20.1 Å². The van der Waals surface area contributed by atoms with E-state index in [0.29, 0.717) is 46.5 Å². The largest absolute Gasteiger partial charge is 0.492 e. The van der Waals surface area contributed by atoms with Gasteiger partial charge in [-0.05, 0) is 91.1 Å². The topological polar surface area (TPSA) is 120 Å². The number of rotatable bonds is 16. The number of carbonyl (C=O) groups is 2. The monoisotopic (exact) mass is 798 g/mol. The number of hydrogen-bond acceptors (Lipinski definition) is 10. The van der Waals surface area contributed by atoms with Crippen molar-refractivity contribution in [1.29, 1.82) is 0 Å². The molecule has 0 unspecified atom stereocenters. The molecule has 1 fully saturated rings. The fourth-order valence-electron chi connectivity index (χ4n) is 6.18. The van der Waals surface area contributed by atoms with E-state index in [2.05, 4.69) is 37.9 Å². The highest BCUT2D eigenvalue weighted by Crippen LogP contribution is 2.34. The predicted molar refractivity (Wildman–Crippen MR) is 218 cm³/mol. The first-order valence-corrected chi connectivity index (χ1v) is 21.0. The molecule has 4 aromatic carbocycles. The molecule has 2 heterocycles. The zero-order valence-corrected chi connectivity index (χ0v) is 32.6. The maximum absolute atomic E-state index is 13.1. The Bertz CT molecular complexity index is 2160. The molecule has 0 atom stereocenters. The summed E-state index contributed by atoms with van der Waals surface area (Å²) in [5.74, 6) is 2.86. The molecule has 54 heavy (non-hydrogen) atoms. The highest BCUT2D eigenvalue weighted by atomic mass is 35.5. The van der Waals surface area contributed by atoms with E-state index in [0.717, 1.165) is 26.0 Å². The lowest BCUT2D eigenvalue weighted by atomic mass is 9.84. The second kappa shape index (κ2) is 18.7. The van der Waals surface area contributed by atoms with E-state index in [4.69, 9.17) is 21.1 Å². The number of anilines is 1. The summed E-state index contributed by atoms with van der Waals surface area (Å²) in [5, 5.41) is 16.0. The Hall–Kier alpha value is -4.56. The first kappa shape index (κ1) is 37.7. The number of thioether (sulfide) groups is 2. The molecule has 2 aromatic heterocycles. The molecule has 1 aliphatic carbocycles. The standard InChI is InChI=1S/C40H39ClN6O4S3/c41-29-13-18-32(19-14-29)50-22-21-42-37(48)25-53-40-44-34-20-15-30(23-35(34)54-40)43-38(49)26-52-39-46-45-36(47(39)31-9-5-2-6-10-31)24-51-33-16-11-28(12-17-33)27-7-3-1-4-8-27/h2,5-6,9-20,23,27H,1,3-4,7-8,21-22,24-26H2,(H,42,48)(H,43,49). The molecule has 6 aromatic rings. The summed E-state index contributed by atoms with van der Waals surface area (Å²) in [7, 11) is 0. The van der Waals surface area contributed by atoms with Gasteiger partial charge in [-0.25, -0.2) is 4.98 Å². The quantitative estimate of drug-likeness (QED) is 0.0730. The number of nitrogens with zero attached hydrogens (tertiary/aromatic N) is 4. The summed E-state index contributed by atoms with van der Waals surface area (Å²) in [6, 6.07) is 31.0. The molecule has 0 saturated heterocycles. The van der Waals surface area contributed by atoms with Crippen LogP contribution in [-0.4, -0.2) is 56.2 Å². The second-order valence-electron chi connectivity index (χ2n) is 12.7. The van der Waals surface area contributed by atoms with Crippen molar-refractivity contribution in [3.05, 3.63) is 113 Å². The van der Waals surface area contributed by atoms with Gasteiger partial charge in [0.05, 0.1) is 28.3 Å². The van der Waals surface area contributed by atoms with Gasteiger partial charge in [0.15, 0.2) is 15.3 Å². The van der Waals surface area contributed by atoms with Crippen molar-refractivity contribution in [3.8, 4) is 17.2 Å². The molecule has 14 heteroatoms. The number of halogens is 1. The third-order valence-corrected chi connectivity index (χ3v) is 12.2. The number of para-hydroxylation sites is 1. The summed E-state index contributed by atoms with van der Waals surface area (Å²) in [6.45, 7) is 0.973. The van der Waals surface area contributed by atoms with Crippen LogP contribution in [0, 0.1) is 0 Å². The molecule has 2 amide bonds. The molecule has 0 spiro atoms. The lowest BCUT2D eigenvalue weighted by molar-refractivity contribution is -0.118. The number of benzene rings is 4. The number of fused-ring (bicyclic) bond motifs is 1. The smallest absolute Gasteiger partial charge is 0.234 e. The van der Waals surface area contributed by atoms with Crippen LogP contribution >= 0.6 is 46.5 Å².